The molecule has 0 aliphatic carbocycles. The zero-order valence-electron chi connectivity index (χ0n) is 21.8. The second-order valence-corrected chi connectivity index (χ2v) is 6.64. The number of carbonyl (C=O) groups is 1. The van der Waals surface area contributed by atoms with Gasteiger partial charge in [0.05, 0.1) is 0 Å². The van der Waals surface area contributed by atoms with Crippen molar-refractivity contribution in [3.63, 3.8) is 0 Å². The third-order valence-electron chi connectivity index (χ3n) is 3.34. The van der Waals surface area contributed by atoms with Gasteiger partial charge in [0.2, 0.25) is 0 Å². The van der Waals surface area contributed by atoms with E-state index in [9.17, 15) is 4.79 Å². The van der Waals surface area contributed by atoms with Crippen LogP contribution >= 0.6 is 0 Å². The highest BCUT2D eigenvalue weighted by molar-refractivity contribution is 5.66. The van der Waals surface area contributed by atoms with Gasteiger partial charge < -0.3 is 25.5 Å². The fourth-order valence-electron chi connectivity index (χ4n) is 2.09. The molecule has 0 aromatic heterocycles. The zero-order chi connectivity index (χ0) is 25.7. The highest BCUT2D eigenvalue weighted by atomic mass is 16.4. The average molecular weight is 465 g/mol. The van der Waals surface area contributed by atoms with E-state index < -0.39 is 5.97 Å². The number of aliphatic hydroxyl groups is 4. The van der Waals surface area contributed by atoms with Gasteiger partial charge in [0, 0.05) is 32.8 Å². The van der Waals surface area contributed by atoms with Crippen molar-refractivity contribution in [3.8, 4) is 0 Å². The van der Waals surface area contributed by atoms with Crippen LogP contribution in [-0.2, 0) is 4.79 Å². The molecule has 32 heavy (non-hydrogen) atoms. The van der Waals surface area contributed by atoms with E-state index in [4.69, 9.17) is 25.5 Å². The van der Waals surface area contributed by atoms with E-state index in [0.717, 1.165) is 25.7 Å². The lowest BCUT2D eigenvalue weighted by Crippen LogP contribution is -1.93. The Morgan fingerprint density at radius 1 is 0.562 bits per heavy atom. The molecule has 0 aromatic rings. The molecule has 0 atom stereocenters. The second kappa shape index (κ2) is 52.0. The van der Waals surface area contributed by atoms with Gasteiger partial charge in [0.25, 0.3) is 0 Å². The minimum Gasteiger partial charge on any atom is -0.481 e. The van der Waals surface area contributed by atoms with Crippen molar-refractivity contribution < 1.29 is 30.3 Å². The van der Waals surface area contributed by atoms with E-state index in [-0.39, 0.29) is 26.4 Å². The third kappa shape index (κ3) is 89.2. The molecule has 0 bridgehead atoms. The predicted molar refractivity (Wildman–Crippen MR) is 138 cm³/mol. The first-order chi connectivity index (χ1) is 15.4. The number of hydrogen-bond acceptors (Lipinski definition) is 5. The second-order valence-electron chi connectivity index (χ2n) is 6.64. The van der Waals surface area contributed by atoms with E-state index in [2.05, 4.69) is 31.2 Å². The summed E-state index contributed by atoms with van der Waals surface area (Å²) in [6, 6.07) is 0. The number of aliphatic hydroxyl groups excluding tert-OH is 4. The molecule has 6 nitrogen and oxygen atoms in total. The van der Waals surface area contributed by atoms with Gasteiger partial charge in [-0.05, 0) is 66.2 Å². The maximum Gasteiger partial charge on any atom is 0.303 e. The monoisotopic (exact) mass is 464 g/mol. The van der Waals surface area contributed by atoms with Crippen LogP contribution < -0.4 is 0 Å². The first-order valence-corrected chi connectivity index (χ1v) is 12.4. The molecule has 0 aliphatic heterocycles. The van der Waals surface area contributed by atoms with Crippen molar-refractivity contribution in [2.45, 2.75) is 112 Å². The van der Waals surface area contributed by atoms with E-state index in [1.807, 2.05) is 0 Å². The lowest BCUT2D eigenvalue weighted by atomic mass is 10.1. The Kier molecular flexibility index (Phi) is 66.8. The lowest BCUT2D eigenvalue weighted by Gasteiger charge is -1.98. The topological polar surface area (TPSA) is 118 Å². The van der Waals surface area contributed by atoms with Gasteiger partial charge in [-0.1, -0.05) is 63.3 Å². The van der Waals surface area contributed by atoms with Crippen molar-refractivity contribution in [2.75, 3.05) is 26.4 Å². The molecule has 0 rings (SSSR count). The highest BCUT2D eigenvalue weighted by Gasteiger charge is 1.95. The van der Waals surface area contributed by atoms with Crippen molar-refractivity contribution in [3.05, 3.63) is 24.3 Å². The van der Waals surface area contributed by atoms with E-state index in [1.165, 1.54) is 44.9 Å². The molecule has 0 radical (unpaired) electrons. The number of carboxylic acid groups (broad SMARTS) is 1. The van der Waals surface area contributed by atoms with Crippen LogP contribution in [0.15, 0.2) is 24.3 Å². The van der Waals surface area contributed by atoms with Crippen LogP contribution in [-0.4, -0.2) is 57.9 Å². The molecule has 0 saturated carbocycles. The summed E-state index contributed by atoms with van der Waals surface area (Å²) in [5.41, 5.74) is 0. The van der Waals surface area contributed by atoms with Gasteiger partial charge in [-0.15, -0.1) is 0 Å². The molecule has 0 amide bonds. The molecule has 5 N–H and O–H groups in total. The van der Waals surface area contributed by atoms with Crippen LogP contribution in [0.25, 0.3) is 0 Å². The van der Waals surface area contributed by atoms with E-state index in [1.54, 1.807) is 27.7 Å². The Bertz CT molecular complexity index is 322. The largest absolute Gasteiger partial charge is 0.481 e. The normalized spacial score (nSPS) is 9.53. The van der Waals surface area contributed by atoms with Crippen molar-refractivity contribution >= 4 is 5.97 Å². The quantitative estimate of drug-likeness (QED) is 0.162. The Morgan fingerprint density at radius 2 is 0.906 bits per heavy atom. The molecular formula is C26H56O6. The van der Waals surface area contributed by atoms with Crippen LogP contribution in [0.3, 0.4) is 0 Å². The van der Waals surface area contributed by atoms with Crippen LogP contribution in [0.1, 0.15) is 112 Å². The first kappa shape index (κ1) is 41.1. The lowest BCUT2D eigenvalue weighted by molar-refractivity contribution is -0.137. The van der Waals surface area contributed by atoms with Gasteiger partial charge >= 0.3 is 5.97 Å². The maximum absolute atomic E-state index is 10.3. The number of hydrogen-bond donors (Lipinski definition) is 5. The summed E-state index contributed by atoms with van der Waals surface area (Å²) >= 11 is 0. The summed E-state index contributed by atoms with van der Waals surface area (Å²) in [6.07, 6.45) is 22.3. The molecular weight excluding hydrogens is 408 g/mol. The summed E-state index contributed by atoms with van der Waals surface area (Å²) in [5.74, 6) is -0.671. The van der Waals surface area contributed by atoms with Crippen molar-refractivity contribution in [1.29, 1.82) is 0 Å². The molecule has 0 aliphatic rings. The van der Waals surface area contributed by atoms with Gasteiger partial charge in [-0.3, -0.25) is 4.79 Å². The smallest absolute Gasteiger partial charge is 0.303 e. The van der Waals surface area contributed by atoms with Gasteiger partial charge in [-0.25, -0.2) is 0 Å². The zero-order valence-corrected chi connectivity index (χ0v) is 21.8. The Balaban J connectivity index is -0.000000167. The first-order valence-electron chi connectivity index (χ1n) is 12.4. The average Bonchev–Trinajstić information content (AvgIpc) is 2.73. The van der Waals surface area contributed by atoms with E-state index >= 15 is 0 Å². The molecule has 0 aromatic carbocycles. The molecule has 6 heteroatoms. The van der Waals surface area contributed by atoms with Crippen LogP contribution in [0, 0.1) is 0 Å². The number of aliphatic carboxylic acids is 1. The highest BCUT2D eigenvalue weighted by Crippen LogP contribution is 2.08. The Morgan fingerprint density at radius 3 is 1.28 bits per heavy atom. The Hall–Kier alpha value is -1.21. The minimum absolute atomic E-state index is 0.250. The molecule has 0 spiro atoms. The van der Waals surface area contributed by atoms with Crippen molar-refractivity contribution in [1.82, 2.24) is 0 Å². The molecule has 196 valence electrons. The van der Waals surface area contributed by atoms with E-state index in [0.29, 0.717) is 6.42 Å². The Labute approximate surface area is 199 Å². The van der Waals surface area contributed by atoms with Crippen LogP contribution in [0.4, 0.5) is 0 Å². The number of allylic oxidation sites excluding steroid dienone is 4. The standard InChI is InChI=1S/C18H32O2.4C2H6O/c1-2-3-4-5-6-7-8-9-10-11-12-13-14-15-16-17-18(19)20;4*1-2-3/h6-7,9-10H,2-5,8,11-17H2,1H3,(H,19,20);4*3H,2H2,1H3/b7-6-,10-9-;;;;. The maximum atomic E-state index is 10.3. The summed E-state index contributed by atoms with van der Waals surface area (Å²) in [6.45, 7) is 9.96. The molecule has 0 fully saturated rings. The van der Waals surface area contributed by atoms with Crippen LogP contribution in [0.5, 0.6) is 0 Å². The van der Waals surface area contributed by atoms with Gasteiger partial charge in [-0.2, -0.15) is 0 Å². The number of unbranched alkanes of at least 4 members (excludes halogenated alkanes) is 8. The molecule has 0 unspecified atom stereocenters. The number of rotatable bonds is 14. The summed E-state index contributed by atoms with van der Waals surface area (Å²) in [5, 5.41) is 38.8. The minimum atomic E-state index is -0.671. The van der Waals surface area contributed by atoms with Crippen LogP contribution in [0.2, 0.25) is 0 Å². The summed E-state index contributed by atoms with van der Waals surface area (Å²) in [4.78, 5) is 10.3. The number of carboxylic acids is 1. The predicted octanol–water partition coefficient (Wildman–Crippen LogP) is 5.88. The van der Waals surface area contributed by atoms with Gasteiger partial charge in [0.1, 0.15) is 0 Å². The fourth-order valence-corrected chi connectivity index (χ4v) is 2.09. The van der Waals surface area contributed by atoms with Gasteiger partial charge in [0.15, 0.2) is 0 Å². The fraction of sp³-hybridized carbons (Fsp3) is 0.808. The third-order valence-corrected chi connectivity index (χ3v) is 3.34. The SMILES string of the molecule is CCCCC/C=C\C/C=C\CCCCCCCC(=O)O.CCO.CCO.CCO.CCO. The summed E-state index contributed by atoms with van der Waals surface area (Å²) in [7, 11) is 0. The summed E-state index contributed by atoms with van der Waals surface area (Å²) < 4.78 is 0. The molecule has 0 heterocycles. The van der Waals surface area contributed by atoms with Crippen molar-refractivity contribution in [2.24, 2.45) is 0 Å². The molecule has 0 saturated heterocycles.